The fourth-order valence-corrected chi connectivity index (χ4v) is 17.3. The summed E-state index contributed by atoms with van der Waals surface area (Å²) in [4.78, 5) is 55.5. The molecule has 1 aliphatic rings. The van der Waals surface area contributed by atoms with Gasteiger partial charge in [0.1, 0.15) is 70.2 Å². The Balaban J connectivity index is 0.000000147. The van der Waals surface area contributed by atoms with E-state index in [-0.39, 0.29) is 23.8 Å². The van der Waals surface area contributed by atoms with Gasteiger partial charge in [0.25, 0.3) is 0 Å². The van der Waals surface area contributed by atoms with Crippen molar-refractivity contribution in [2.45, 2.75) is 65.1 Å². The van der Waals surface area contributed by atoms with E-state index in [1.165, 1.54) is 0 Å². The first-order valence-electron chi connectivity index (χ1n) is 46.6. The Morgan fingerprint density at radius 3 is 1.11 bits per heavy atom. The molecule has 20 rings (SSSR count). The van der Waals surface area contributed by atoms with Crippen LogP contribution in [0.25, 0.3) is 89.2 Å². The number of fused-ring (bicyclic) bond motifs is 4. The van der Waals surface area contributed by atoms with Crippen molar-refractivity contribution in [1.82, 2.24) is 117 Å². The molecule has 2 atom stereocenters. The number of hydrogen-bond acceptors (Lipinski definition) is 33. The smallest absolute Gasteiger partial charge is 0.150 e. The molecule has 42 heteroatoms. The maximum absolute atomic E-state index is 10.5. The second kappa shape index (κ2) is 48.1. The van der Waals surface area contributed by atoms with Crippen LogP contribution in [0.15, 0.2) is 245 Å². The van der Waals surface area contributed by atoms with Crippen molar-refractivity contribution < 1.29 is 63.4 Å². The first kappa shape index (κ1) is 105. The molecule has 762 valence electrons. The standard InChI is InChI=1S/C29H31N7O3.C27H30N8O2S.C25H26N8O2.C24H27N5O4.2H2O/c1-34-18-20(16-31-34)28-17-30-26-8-7-22(14-27(26)32-28)35(23-12-24(37-2)15-25(13-23)38-3)19-21-9-10-36(33-21)29-6-4-5-11-39-29;1-18-15-35(38-32(2)3)27(30-18)17-34(21-9-22(36-5)12-23(10-21)37-6)20-7-8-24-25(11-20)31-26(14-28-24)19-13-29-33(4)16-19;1-17-27-16-29-33(17)8-7-32(20-9-21(34-3)12-22(10-20)35-4)19-5-6-23-24(11-19)30-25(14-26-23)18-13-28-31(2)15-18;1-28-13-16(11-26-28)24-12-25-22-6-5-17(9-23(22)27-24)29(14-19(30)15-31-2)18-7-20(32-3)10-21(8-18)33-4;;/h7-10,12-18,29H,4-6,11,19H2,1-3H3;7-16H,17H2,1-6H3;5-6,9-16H,7-8H2,1-4H3;5-13,19,30H,14-15H2,1-4H3;2*1H2/t;;;19-;;/m...0../s1. The van der Waals surface area contributed by atoms with Crippen LogP contribution in [0.4, 0.5) is 45.5 Å². The molecular weight excluding hydrogens is 1890 g/mol. The van der Waals surface area contributed by atoms with E-state index >= 15 is 0 Å². The molecule has 147 heavy (non-hydrogen) atoms. The Hall–Kier alpha value is -16.8. The molecular formula is C105H118N28O13S. The molecule has 0 bridgehead atoms. The fourth-order valence-electron chi connectivity index (χ4n) is 16.6. The number of aliphatic hydroxyl groups excluding tert-OH is 1. The summed E-state index contributed by atoms with van der Waals surface area (Å²) in [6, 6.07) is 49.2. The Bertz CT molecular complexity index is 7580. The molecule has 0 aliphatic carbocycles. The van der Waals surface area contributed by atoms with E-state index in [1.54, 1.807) is 157 Å². The second-order valence-corrected chi connectivity index (χ2v) is 35.6. The van der Waals surface area contributed by atoms with E-state index in [2.05, 4.69) is 75.2 Å². The van der Waals surface area contributed by atoms with E-state index in [9.17, 15) is 5.11 Å². The second-order valence-electron chi connectivity index (χ2n) is 34.3. The van der Waals surface area contributed by atoms with Crippen LogP contribution in [-0.4, -0.2) is 243 Å². The number of benzene rings is 8. The number of imidazole rings is 1. The summed E-state index contributed by atoms with van der Waals surface area (Å²) < 4.78 is 70.3. The van der Waals surface area contributed by atoms with Crippen LogP contribution in [0.2, 0.25) is 0 Å². The minimum absolute atomic E-state index is 0. The van der Waals surface area contributed by atoms with Crippen LogP contribution in [0.1, 0.15) is 48.5 Å². The van der Waals surface area contributed by atoms with Gasteiger partial charge in [-0.15, -0.1) is 0 Å². The number of aryl methyl sites for hydroxylation is 6. The lowest BCUT2D eigenvalue weighted by atomic mass is 10.1. The Labute approximate surface area is 853 Å². The molecule has 0 spiro atoms. The van der Waals surface area contributed by atoms with E-state index in [1.807, 2.05) is 251 Å². The summed E-state index contributed by atoms with van der Waals surface area (Å²) in [5.74, 6) is 7.28. The van der Waals surface area contributed by atoms with E-state index in [4.69, 9.17) is 77.4 Å². The van der Waals surface area contributed by atoms with Gasteiger partial charge in [0.15, 0.2) is 0 Å². The molecule has 1 unspecified atom stereocenters. The van der Waals surface area contributed by atoms with Crippen molar-refractivity contribution >= 4 is 102 Å². The van der Waals surface area contributed by atoms with Crippen molar-refractivity contribution in [3.63, 3.8) is 0 Å². The molecule has 11 aromatic heterocycles. The van der Waals surface area contributed by atoms with E-state index in [0.29, 0.717) is 78.7 Å². The predicted octanol–water partition coefficient (Wildman–Crippen LogP) is 15.5. The Morgan fingerprint density at radius 2 is 0.769 bits per heavy atom. The van der Waals surface area contributed by atoms with Crippen LogP contribution in [0.3, 0.4) is 0 Å². The molecule has 41 nitrogen and oxygen atoms in total. The van der Waals surface area contributed by atoms with Gasteiger partial charge >= 0.3 is 0 Å². The lowest BCUT2D eigenvalue weighted by Crippen LogP contribution is -2.31. The molecule has 1 fully saturated rings. The summed E-state index contributed by atoms with van der Waals surface area (Å²) in [6.45, 7) is 7.53. The number of hydrogen-bond donors (Lipinski definition) is 1. The lowest BCUT2D eigenvalue weighted by molar-refractivity contribution is -0.0396. The van der Waals surface area contributed by atoms with Crippen molar-refractivity contribution in [3.05, 3.63) is 268 Å². The Kier molecular flexibility index (Phi) is 34.2. The molecule has 0 radical (unpaired) electrons. The van der Waals surface area contributed by atoms with Gasteiger partial charge in [0, 0.05) is 238 Å². The van der Waals surface area contributed by atoms with Gasteiger partial charge < -0.3 is 83.0 Å². The molecule has 5 N–H and O–H groups in total. The number of anilines is 8. The van der Waals surface area contributed by atoms with Gasteiger partial charge in [-0.2, -0.15) is 30.6 Å². The first-order valence-corrected chi connectivity index (χ1v) is 47.3. The highest BCUT2D eigenvalue weighted by molar-refractivity contribution is 7.95. The van der Waals surface area contributed by atoms with Crippen molar-refractivity contribution in [2.75, 3.05) is 124 Å². The van der Waals surface area contributed by atoms with Gasteiger partial charge in [-0.25, -0.2) is 43.6 Å². The van der Waals surface area contributed by atoms with Crippen LogP contribution >= 0.6 is 12.1 Å². The number of methoxy groups -OCH3 is 9. The van der Waals surface area contributed by atoms with E-state index < -0.39 is 6.10 Å². The van der Waals surface area contributed by atoms with Gasteiger partial charge in [0.05, 0.1) is 224 Å². The highest BCUT2D eigenvalue weighted by atomic mass is 32.2. The molecule has 0 amide bonds. The monoisotopic (exact) mass is 2010 g/mol. The van der Waals surface area contributed by atoms with Gasteiger partial charge in [0.2, 0.25) is 0 Å². The van der Waals surface area contributed by atoms with Gasteiger partial charge in [-0.05, 0) is 126 Å². The SMILES string of the molecule is COC[C@@H](O)CN(c1cc(OC)cc(OC)c1)c1ccc2ncc(-c3cnn(C)c3)nc2c1.COc1cc(OC)cc(N(CCn2ncnc2C)c2ccc3ncc(-c4cnn(C)c4)nc3c2)c1.COc1cc(OC)cc(N(Cc2ccn(C3CCCCO3)n2)c2ccc3ncc(-c4cnn(C)c4)nc3c2)c1.COc1cc(OC)cc(N(Cc2nc(C)cn2SN(C)C)c2ccc3ncc(-c4cnn(C)c4)nc3c2)c1.O.O. The third-order valence-corrected chi connectivity index (χ3v) is 24.7. The molecule has 1 aliphatic heterocycles. The molecule has 1 saturated heterocycles. The van der Waals surface area contributed by atoms with Crippen LogP contribution in [0.5, 0.6) is 46.0 Å². The third-order valence-electron chi connectivity index (χ3n) is 23.9. The maximum atomic E-state index is 10.5. The van der Waals surface area contributed by atoms with Crippen molar-refractivity contribution in [2.24, 2.45) is 28.2 Å². The zero-order valence-corrected chi connectivity index (χ0v) is 85.6. The van der Waals surface area contributed by atoms with Crippen LogP contribution in [-0.2, 0) is 57.3 Å². The summed E-state index contributed by atoms with van der Waals surface area (Å²) in [5.41, 5.74) is 22.1. The van der Waals surface area contributed by atoms with Crippen molar-refractivity contribution in [3.8, 4) is 91.0 Å². The predicted molar refractivity (Wildman–Crippen MR) is 565 cm³/mol. The van der Waals surface area contributed by atoms with Crippen LogP contribution < -0.4 is 57.5 Å². The minimum atomic E-state index is -0.712. The lowest BCUT2D eigenvalue weighted by Gasteiger charge is -2.28. The zero-order valence-electron chi connectivity index (χ0n) is 84.8. The maximum Gasteiger partial charge on any atom is 0.150 e. The zero-order chi connectivity index (χ0) is 101. The normalized spacial score (nSPS) is 12.4. The largest absolute Gasteiger partial charge is 0.497 e. The van der Waals surface area contributed by atoms with Gasteiger partial charge in [-0.3, -0.25) is 42.6 Å². The van der Waals surface area contributed by atoms with Crippen LogP contribution in [0, 0.1) is 13.8 Å². The summed E-state index contributed by atoms with van der Waals surface area (Å²) in [6.07, 6.45) is 30.0. The highest BCUT2D eigenvalue weighted by Gasteiger charge is 2.26. The number of rotatable bonds is 34. The van der Waals surface area contributed by atoms with Gasteiger partial charge in [-0.1, -0.05) is 0 Å². The molecule has 8 aromatic carbocycles. The number of nitrogens with zero attached hydrogens (tertiary/aromatic N) is 28. The average Bonchev–Trinajstić information content (AvgIpc) is 1.78. The number of ether oxygens (including phenoxy) is 10. The molecule has 19 aromatic rings. The summed E-state index contributed by atoms with van der Waals surface area (Å²) >= 11 is 1.58. The third kappa shape index (κ3) is 25.5. The Morgan fingerprint density at radius 1 is 0.401 bits per heavy atom. The topological polar surface area (TPSA) is 432 Å². The van der Waals surface area contributed by atoms with E-state index in [0.717, 1.165) is 184 Å². The number of aliphatic hydroxyl groups is 1. The molecule has 12 heterocycles. The quantitative estimate of drug-likeness (QED) is 0.0366. The minimum Gasteiger partial charge on any atom is -0.497 e. The highest BCUT2D eigenvalue weighted by Crippen LogP contribution is 2.42. The number of aromatic nitrogens is 23. The summed E-state index contributed by atoms with van der Waals surface area (Å²) in [7, 11) is 26.2. The molecule has 0 saturated carbocycles. The summed E-state index contributed by atoms with van der Waals surface area (Å²) in [5, 5.41) is 36.8. The fraction of sp³-hybridized carbons (Fsp3) is 0.276. The van der Waals surface area contributed by atoms with Crippen molar-refractivity contribution in [1.29, 1.82) is 0 Å². The first-order chi connectivity index (χ1) is 70.4. The average molecular weight is 2010 g/mol.